The Labute approximate surface area is 175 Å². The fourth-order valence-corrected chi connectivity index (χ4v) is 3.64. The first kappa shape index (κ1) is 19.6. The number of halogens is 1. The number of piperidine rings is 1. The number of carbonyl (C=O) groups is 1. The Kier molecular flexibility index (Phi) is 6.22. The number of rotatable bonds is 6. The van der Waals surface area contributed by atoms with Gasteiger partial charge in [0.15, 0.2) is 11.5 Å². The summed E-state index contributed by atoms with van der Waals surface area (Å²) < 4.78 is 0. The summed E-state index contributed by atoms with van der Waals surface area (Å²) in [7, 11) is 0. The van der Waals surface area contributed by atoms with E-state index in [-0.39, 0.29) is 11.6 Å². The van der Waals surface area contributed by atoms with Crippen LogP contribution in [0.15, 0.2) is 48.5 Å². The van der Waals surface area contributed by atoms with Crippen molar-refractivity contribution < 1.29 is 4.79 Å². The van der Waals surface area contributed by atoms with Gasteiger partial charge in [-0.05, 0) is 62.3 Å². The molecule has 29 heavy (non-hydrogen) atoms. The molecule has 1 aliphatic rings. The van der Waals surface area contributed by atoms with Crippen molar-refractivity contribution in [1.82, 2.24) is 20.2 Å². The molecule has 4 rings (SSSR count). The van der Waals surface area contributed by atoms with E-state index >= 15 is 0 Å². The van der Waals surface area contributed by atoms with Gasteiger partial charge in [-0.2, -0.15) is 0 Å². The SMILES string of the molecule is O=C(NCCN1CCCCC1)c1nc2ccccc2nc1Nc1ccc(Cl)cc1. The first-order valence-corrected chi connectivity index (χ1v) is 10.4. The van der Waals surface area contributed by atoms with E-state index in [0.29, 0.717) is 22.9 Å². The summed E-state index contributed by atoms with van der Waals surface area (Å²) in [4.78, 5) is 24.5. The van der Waals surface area contributed by atoms with E-state index in [1.54, 1.807) is 12.1 Å². The van der Waals surface area contributed by atoms with Gasteiger partial charge in [0.05, 0.1) is 11.0 Å². The van der Waals surface area contributed by atoms with Crippen LogP contribution in [0.2, 0.25) is 5.02 Å². The van der Waals surface area contributed by atoms with Crippen LogP contribution in [0.3, 0.4) is 0 Å². The molecule has 150 valence electrons. The van der Waals surface area contributed by atoms with Crippen LogP contribution in [-0.2, 0) is 0 Å². The summed E-state index contributed by atoms with van der Waals surface area (Å²) in [6, 6.07) is 14.8. The average molecular weight is 410 g/mol. The number of likely N-dealkylation sites (tertiary alicyclic amines) is 1. The second-order valence-corrected chi connectivity index (χ2v) is 7.64. The normalized spacial score (nSPS) is 14.7. The van der Waals surface area contributed by atoms with E-state index in [1.807, 2.05) is 36.4 Å². The predicted octanol–water partition coefficient (Wildman–Crippen LogP) is 4.24. The van der Waals surface area contributed by atoms with Crippen LogP contribution in [0.25, 0.3) is 11.0 Å². The highest BCUT2D eigenvalue weighted by molar-refractivity contribution is 6.30. The predicted molar refractivity (Wildman–Crippen MR) is 117 cm³/mol. The molecule has 1 saturated heterocycles. The molecule has 2 aromatic carbocycles. The smallest absolute Gasteiger partial charge is 0.273 e. The Balaban J connectivity index is 1.53. The second kappa shape index (κ2) is 9.20. The molecule has 1 aliphatic heterocycles. The molecular weight excluding hydrogens is 386 g/mol. The van der Waals surface area contributed by atoms with E-state index in [9.17, 15) is 4.79 Å². The molecule has 0 bridgehead atoms. The van der Waals surface area contributed by atoms with Crippen LogP contribution >= 0.6 is 11.6 Å². The Morgan fingerprint density at radius 2 is 1.66 bits per heavy atom. The fraction of sp³-hybridized carbons (Fsp3) is 0.318. The lowest BCUT2D eigenvalue weighted by Gasteiger charge is -2.26. The zero-order valence-electron chi connectivity index (χ0n) is 16.2. The number of amides is 1. The van der Waals surface area contributed by atoms with Gasteiger partial charge >= 0.3 is 0 Å². The van der Waals surface area contributed by atoms with Crippen molar-refractivity contribution in [2.24, 2.45) is 0 Å². The van der Waals surface area contributed by atoms with Crippen LogP contribution in [0.4, 0.5) is 11.5 Å². The van der Waals surface area contributed by atoms with Gasteiger partial charge in [-0.1, -0.05) is 30.2 Å². The molecule has 3 aromatic rings. The Hall–Kier alpha value is -2.70. The van der Waals surface area contributed by atoms with Gasteiger partial charge in [0.1, 0.15) is 0 Å². The number of para-hydroxylation sites is 2. The molecule has 7 heteroatoms. The first-order chi connectivity index (χ1) is 14.2. The molecule has 1 aromatic heterocycles. The lowest BCUT2D eigenvalue weighted by atomic mass is 10.1. The molecule has 1 fully saturated rings. The number of nitrogens with zero attached hydrogens (tertiary/aromatic N) is 3. The third-order valence-electron chi connectivity index (χ3n) is 5.05. The molecule has 0 radical (unpaired) electrons. The zero-order chi connectivity index (χ0) is 20.1. The molecular formula is C22H24ClN5O. The maximum absolute atomic E-state index is 12.9. The molecule has 6 nitrogen and oxygen atoms in total. The van der Waals surface area contributed by atoms with E-state index in [2.05, 4.69) is 25.5 Å². The second-order valence-electron chi connectivity index (χ2n) is 7.20. The van der Waals surface area contributed by atoms with Crippen LogP contribution in [0.1, 0.15) is 29.8 Å². The number of aromatic nitrogens is 2. The van der Waals surface area contributed by atoms with Crippen molar-refractivity contribution in [3.05, 3.63) is 59.2 Å². The number of anilines is 2. The summed E-state index contributed by atoms with van der Waals surface area (Å²) in [5.41, 5.74) is 2.50. The van der Waals surface area contributed by atoms with Gasteiger partial charge in [-0.3, -0.25) is 4.79 Å². The molecule has 2 heterocycles. The van der Waals surface area contributed by atoms with Gasteiger partial charge in [0.2, 0.25) is 0 Å². The Morgan fingerprint density at radius 3 is 2.38 bits per heavy atom. The number of fused-ring (bicyclic) bond motifs is 1. The first-order valence-electron chi connectivity index (χ1n) is 9.99. The summed E-state index contributed by atoms with van der Waals surface area (Å²) >= 11 is 5.97. The van der Waals surface area contributed by atoms with Crippen LogP contribution in [-0.4, -0.2) is 47.0 Å². The molecule has 0 aliphatic carbocycles. The lowest BCUT2D eigenvalue weighted by Crippen LogP contribution is -2.38. The van der Waals surface area contributed by atoms with Gasteiger partial charge in [-0.15, -0.1) is 0 Å². The van der Waals surface area contributed by atoms with Gasteiger partial charge in [0.25, 0.3) is 5.91 Å². The van der Waals surface area contributed by atoms with Gasteiger partial charge in [-0.25, -0.2) is 9.97 Å². The van der Waals surface area contributed by atoms with Crippen molar-refractivity contribution >= 4 is 40.0 Å². The van der Waals surface area contributed by atoms with Crippen molar-refractivity contribution in [1.29, 1.82) is 0 Å². The summed E-state index contributed by atoms with van der Waals surface area (Å²) in [6.07, 6.45) is 3.77. The minimum Gasteiger partial charge on any atom is -0.349 e. The third-order valence-corrected chi connectivity index (χ3v) is 5.31. The summed E-state index contributed by atoms with van der Waals surface area (Å²) in [5.74, 6) is 0.207. The zero-order valence-corrected chi connectivity index (χ0v) is 17.0. The van der Waals surface area contributed by atoms with Crippen molar-refractivity contribution in [2.45, 2.75) is 19.3 Å². The van der Waals surface area contributed by atoms with Crippen molar-refractivity contribution in [3.63, 3.8) is 0 Å². The highest BCUT2D eigenvalue weighted by Gasteiger charge is 2.17. The number of benzene rings is 2. The Bertz CT molecular complexity index is 986. The fourth-order valence-electron chi connectivity index (χ4n) is 3.51. The molecule has 0 spiro atoms. The van der Waals surface area contributed by atoms with Crippen molar-refractivity contribution in [2.75, 3.05) is 31.5 Å². The molecule has 2 N–H and O–H groups in total. The standard InChI is InChI=1S/C22H24ClN5O/c23-16-8-10-17(11-9-16)25-21-20(26-18-6-2-3-7-19(18)27-21)22(29)24-12-15-28-13-4-1-5-14-28/h2-3,6-11H,1,4-5,12-15H2,(H,24,29)(H,25,27). The van der Waals surface area contributed by atoms with E-state index in [0.717, 1.165) is 30.8 Å². The third kappa shape index (κ3) is 5.02. The van der Waals surface area contributed by atoms with E-state index in [4.69, 9.17) is 11.6 Å². The summed E-state index contributed by atoms with van der Waals surface area (Å²) in [6.45, 7) is 3.66. The lowest BCUT2D eigenvalue weighted by molar-refractivity contribution is 0.0942. The Morgan fingerprint density at radius 1 is 0.966 bits per heavy atom. The average Bonchev–Trinajstić information content (AvgIpc) is 2.75. The van der Waals surface area contributed by atoms with Gasteiger partial charge in [0, 0.05) is 23.8 Å². The van der Waals surface area contributed by atoms with E-state index in [1.165, 1.54) is 19.3 Å². The highest BCUT2D eigenvalue weighted by atomic mass is 35.5. The minimum absolute atomic E-state index is 0.225. The maximum Gasteiger partial charge on any atom is 0.273 e. The maximum atomic E-state index is 12.9. The quantitative estimate of drug-likeness (QED) is 0.637. The summed E-state index contributed by atoms with van der Waals surface area (Å²) in [5, 5.41) is 6.86. The number of nitrogens with one attached hydrogen (secondary N) is 2. The molecule has 1 amide bonds. The monoisotopic (exact) mass is 409 g/mol. The van der Waals surface area contributed by atoms with Gasteiger partial charge < -0.3 is 15.5 Å². The van der Waals surface area contributed by atoms with Crippen LogP contribution < -0.4 is 10.6 Å². The van der Waals surface area contributed by atoms with Crippen molar-refractivity contribution in [3.8, 4) is 0 Å². The topological polar surface area (TPSA) is 70.2 Å². The number of carbonyl (C=O) groups excluding carboxylic acids is 1. The molecule has 0 atom stereocenters. The molecule has 0 saturated carbocycles. The highest BCUT2D eigenvalue weighted by Crippen LogP contribution is 2.22. The molecule has 0 unspecified atom stereocenters. The van der Waals surface area contributed by atoms with Crippen LogP contribution in [0, 0.1) is 0 Å². The largest absolute Gasteiger partial charge is 0.349 e. The number of hydrogen-bond donors (Lipinski definition) is 2. The van der Waals surface area contributed by atoms with E-state index < -0.39 is 0 Å². The van der Waals surface area contributed by atoms with Crippen LogP contribution in [0.5, 0.6) is 0 Å². The minimum atomic E-state index is -0.225. The number of hydrogen-bond acceptors (Lipinski definition) is 5.